The Labute approximate surface area is 84.0 Å². The van der Waals surface area contributed by atoms with Crippen LogP contribution in [0.1, 0.15) is 20.3 Å². The van der Waals surface area contributed by atoms with E-state index in [4.69, 9.17) is 5.73 Å². The Kier molecular flexibility index (Phi) is 3.47. The first kappa shape index (κ1) is 11.4. The van der Waals surface area contributed by atoms with Gasteiger partial charge in [0.2, 0.25) is 5.91 Å². The number of nitrogens with two attached hydrogens (primary N) is 1. The van der Waals surface area contributed by atoms with Crippen LogP contribution in [0.15, 0.2) is 0 Å². The lowest BCUT2D eigenvalue weighted by Crippen LogP contribution is -2.49. The number of carbonyl (C=O) groups excluding carboxylic acids is 1. The molecule has 0 unspecified atom stereocenters. The molecule has 0 bridgehead atoms. The predicted molar refractivity (Wildman–Crippen MR) is 53.7 cm³/mol. The van der Waals surface area contributed by atoms with Crippen molar-refractivity contribution >= 4 is 5.91 Å². The summed E-state index contributed by atoms with van der Waals surface area (Å²) in [7, 11) is 0. The van der Waals surface area contributed by atoms with E-state index in [2.05, 4.69) is 10.6 Å². The van der Waals surface area contributed by atoms with Crippen LogP contribution in [0.25, 0.3) is 0 Å². The zero-order valence-corrected chi connectivity index (χ0v) is 8.71. The van der Waals surface area contributed by atoms with Gasteiger partial charge in [-0.25, -0.2) is 0 Å². The average Bonchev–Trinajstić information content (AvgIpc) is 2.46. The highest BCUT2D eigenvalue weighted by Crippen LogP contribution is 2.06. The Hall–Kier alpha value is -0.650. The van der Waals surface area contributed by atoms with Gasteiger partial charge in [-0.1, -0.05) is 0 Å². The van der Waals surface area contributed by atoms with Crippen LogP contribution in [0, 0.1) is 0 Å². The monoisotopic (exact) mass is 201 g/mol. The van der Waals surface area contributed by atoms with Crippen molar-refractivity contribution in [2.24, 2.45) is 5.73 Å². The molecule has 1 heterocycles. The molecule has 0 spiro atoms. The van der Waals surface area contributed by atoms with Gasteiger partial charge in [0.25, 0.3) is 0 Å². The van der Waals surface area contributed by atoms with Crippen LogP contribution in [-0.4, -0.2) is 41.8 Å². The van der Waals surface area contributed by atoms with Gasteiger partial charge in [-0.05, 0) is 20.3 Å². The molecule has 1 rings (SSSR count). The van der Waals surface area contributed by atoms with Crippen LogP contribution in [0.2, 0.25) is 0 Å². The summed E-state index contributed by atoms with van der Waals surface area (Å²) < 4.78 is 0. The number of carbonyl (C=O) groups is 1. The van der Waals surface area contributed by atoms with Crippen LogP contribution in [-0.2, 0) is 4.79 Å². The Morgan fingerprint density at radius 2 is 2.36 bits per heavy atom. The van der Waals surface area contributed by atoms with E-state index in [-0.39, 0.29) is 11.9 Å². The first-order chi connectivity index (χ1) is 6.38. The van der Waals surface area contributed by atoms with E-state index >= 15 is 0 Å². The van der Waals surface area contributed by atoms with E-state index in [1.54, 1.807) is 0 Å². The van der Waals surface area contributed by atoms with Crippen LogP contribution >= 0.6 is 0 Å². The van der Waals surface area contributed by atoms with Gasteiger partial charge >= 0.3 is 0 Å². The third-order valence-corrected chi connectivity index (χ3v) is 2.14. The maximum atomic E-state index is 11.5. The fourth-order valence-electron chi connectivity index (χ4n) is 1.35. The second kappa shape index (κ2) is 4.25. The van der Waals surface area contributed by atoms with Crippen molar-refractivity contribution in [1.29, 1.82) is 0 Å². The molecule has 1 amide bonds. The van der Waals surface area contributed by atoms with Crippen molar-refractivity contribution in [1.82, 2.24) is 10.6 Å². The van der Waals surface area contributed by atoms with Gasteiger partial charge in [-0.3, -0.25) is 4.79 Å². The summed E-state index contributed by atoms with van der Waals surface area (Å²) in [6.45, 7) is 4.64. The fraction of sp³-hybridized carbons (Fsp3) is 0.889. The maximum absolute atomic E-state index is 11.5. The number of amides is 1. The lowest BCUT2D eigenvalue weighted by Gasteiger charge is -2.20. The van der Waals surface area contributed by atoms with E-state index in [1.807, 2.05) is 13.8 Å². The number of β-amino-alcohol motifs (C(OH)–C–C–N with tert-alkyl or cyclic N) is 1. The van der Waals surface area contributed by atoms with Gasteiger partial charge in [-0.15, -0.1) is 0 Å². The molecule has 1 saturated heterocycles. The summed E-state index contributed by atoms with van der Waals surface area (Å²) in [5, 5.41) is 14.9. The summed E-state index contributed by atoms with van der Waals surface area (Å²) in [5.41, 5.74) is 5.33. The summed E-state index contributed by atoms with van der Waals surface area (Å²) in [6, 6.07) is -0.271. The summed E-state index contributed by atoms with van der Waals surface area (Å²) in [4.78, 5) is 11.5. The molecular weight excluding hydrogens is 182 g/mol. The van der Waals surface area contributed by atoms with Gasteiger partial charge in [0.15, 0.2) is 0 Å². The van der Waals surface area contributed by atoms with Crippen molar-refractivity contribution in [3.8, 4) is 0 Å². The molecule has 0 aromatic heterocycles. The first-order valence-electron chi connectivity index (χ1n) is 4.86. The number of aliphatic hydroxyl groups is 1. The highest BCUT2D eigenvalue weighted by Gasteiger charge is 2.28. The molecule has 0 radical (unpaired) electrons. The van der Waals surface area contributed by atoms with E-state index < -0.39 is 11.6 Å². The number of nitrogens with one attached hydrogen (secondary N) is 2. The molecular formula is C9H19N3O2. The van der Waals surface area contributed by atoms with Gasteiger partial charge in [0, 0.05) is 18.6 Å². The lowest BCUT2D eigenvalue weighted by molar-refractivity contribution is -0.123. The Bertz CT molecular complexity index is 213. The molecule has 5 nitrogen and oxygen atoms in total. The molecule has 5 heteroatoms. The molecule has 0 aromatic carbocycles. The molecule has 1 fully saturated rings. The molecule has 82 valence electrons. The quantitative estimate of drug-likeness (QED) is 0.450. The van der Waals surface area contributed by atoms with Crippen molar-refractivity contribution in [3.05, 3.63) is 0 Å². The molecule has 0 aliphatic carbocycles. The van der Waals surface area contributed by atoms with E-state index in [0.29, 0.717) is 19.5 Å². The zero-order chi connectivity index (χ0) is 10.8. The smallest absolute Gasteiger partial charge is 0.237 e. The predicted octanol–water partition coefficient (Wildman–Crippen LogP) is -1.44. The number of aliphatic hydroxyl groups excluding tert-OH is 1. The maximum Gasteiger partial charge on any atom is 0.237 e. The average molecular weight is 201 g/mol. The van der Waals surface area contributed by atoms with Crippen molar-refractivity contribution in [2.45, 2.75) is 38.0 Å². The van der Waals surface area contributed by atoms with E-state index in [1.165, 1.54) is 0 Å². The van der Waals surface area contributed by atoms with Crippen LogP contribution < -0.4 is 16.4 Å². The molecule has 5 N–H and O–H groups in total. The number of hydrogen-bond donors (Lipinski definition) is 4. The first-order valence-corrected chi connectivity index (χ1v) is 4.86. The summed E-state index contributed by atoms with van der Waals surface area (Å²) in [6.07, 6.45) is 0.0771. The minimum atomic E-state index is -0.406. The second-order valence-electron chi connectivity index (χ2n) is 4.56. The molecule has 14 heavy (non-hydrogen) atoms. The Morgan fingerprint density at radius 3 is 2.79 bits per heavy atom. The largest absolute Gasteiger partial charge is 0.392 e. The molecule has 1 aliphatic rings. The zero-order valence-electron chi connectivity index (χ0n) is 8.71. The van der Waals surface area contributed by atoms with E-state index in [9.17, 15) is 9.90 Å². The topological polar surface area (TPSA) is 87.4 Å². The lowest BCUT2D eigenvalue weighted by atomic mass is 10.1. The second-order valence-corrected chi connectivity index (χ2v) is 4.56. The standard InChI is InChI=1S/C9H19N3O2/c1-9(2,10)5-12-8(14)7-3-6(13)4-11-7/h6-7,11,13H,3-5,10H2,1-2H3,(H,12,14)/t6-,7-/m0/s1. The van der Waals surface area contributed by atoms with Gasteiger partial charge < -0.3 is 21.5 Å². The number of hydrogen-bond acceptors (Lipinski definition) is 4. The number of rotatable bonds is 3. The SMILES string of the molecule is CC(C)(N)CNC(=O)[C@@H]1C[C@H](O)CN1. The van der Waals surface area contributed by atoms with Crippen LogP contribution in [0.3, 0.4) is 0 Å². The Morgan fingerprint density at radius 1 is 1.71 bits per heavy atom. The van der Waals surface area contributed by atoms with Crippen molar-refractivity contribution < 1.29 is 9.90 Å². The van der Waals surface area contributed by atoms with Crippen molar-refractivity contribution in [2.75, 3.05) is 13.1 Å². The minimum absolute atomic E-state index is 0.0833. The molecule has 2 atom stereocenters. The fourth-order valence-corrected chi connectivity index (χ4v) is 1.35. The van der Waals surface area contributed by atoms with Gasteiger partial charge in [-0.2, -0.15) is 0 Å². The summed E-state index contributed by atoms with van der Waals surface area (Å²) in [5.74, 6) is -0.0833. The summed E-state index contributed by atoms with van der Waals surface area (Å²) >= 11 is 0. The third kappa shape index (κ3) is 3.61. The molecule has 1 aliphatic heterocycles. The van der Waals surface area contributed by atoms with Crippen molar-refractivity contribution in [3.63, 3.8) is 0 Å². The Balaban J connectivity index is 2.29. The minimum Gasteiger partial charge on any atom is -0.392 e. The highest BCUT2D eigenvalue weighted by molar-refractivity contribution is 5.82. The van der Waals surface area contributed by atoms with Crippen LogP contribution in [0.4, 0.5) is 0 Å². The van der Waals surface area contributed by atoms with E-state index in [0.717, 1.165) is 0 Å². The normalized spacial score (nSPS) is 27.7. The van der Waals surface area contributed by atoms with Gasteiger partial charge in [0.05, 0.1) is 12.1 Å². The van der Waals surface area contributed by atoms with Gasteiger partial charge in [0.1, 0.15) is 0 Å². The van der Waals surface area contributed by atoms with Crippen LogP contribution in [0.5, 0.6) is 0 Å². The molecule has 0 saturated carbocycles. The highest BCUT2D eigenvalue weighted by atomic mass is 16.3. The molecule has 0 aromatic rings. The third-order valence-electron chi connectivity index (χ3n) is 2.14.